The lowest BCUT2D eigenvalue weighted by Gasteiger charge is -2.17. The topological polar surface area (TPSA) is 78.5 Å². The fraction of sp³-hybridized carbons (Fsp3) is 0.125. The fourth-order valence-electron chi connectivity index (χ4n) is 3.33. The Morgan fingerprint density at radius 2 is 1.84 bits per heavy atom. The van der Waals surface area contributed by atoms with Crippen LogP contribution in [-0.4, -0.2) is 24.3 Å². The average Bonchev–Trinajstić information content (AvgIpc) is 3.45. The molecule has 0 atom stereocenters. The molecule has 0 spiro atoms. The van der Waals surface area contributed by atoms with Gasteiger partial charge in [-0.1, -0.05) is 30.3 Å². The van der Waals surface area contributed by atoms with Crippen LogP contribution < -0.4 is 15.5 Å². The van der Waals surface area contributed by atoms with Gasteiger partial charge in [0.25, 0.3) is 11.8 Å². The van der Waals surface area contributed by atoms with Gasteiger partial charge < -0.3 is 15.5 Å². The Hall–Kier alpha value is -3.71. The van der Waals surface area contributed by atoms with Crippen molar-refractivity contribution in [3.8, 4) is 0 Å². The van der Waals surface area contributed by atoms with Crippen molar-refractivity contribution in [2.75, 3.05) is 16.8 Å². The van der Waals surface area contributed by atoms with Crippen molar-refractivity contribution in [2.24, 2.45) is 0 Å². The van der Waals surface area contributed by atoms with E-state index in [0.29, 0.717) is 24.2 Å². The molecule has 1 fully saturated rings. The number of thiophene rings is 1. The van der Waals surface area contributed by atoms with Gasteiger partial charge in [0.1, 0.15) is 5.70 Å². The van der Waals surface area contributed by atoms with Crippen LogP contribution in [0.25, 0.3) is 6.08 Å². The maximum absolute atomic E-state index is 13.0. The van der Waals surface area contributed by atoms with Crippen LogP contribution in [0.15, 0.2) is 77.8 Å². The highest BCUT2D eigenvalue weighted by molar-refractivity contribution is 7.10. The van der Waals surface area contributed by atoms with E-state index in [0.717, 1.165) is 17.0 Å². The molecule has 156 valence electrons. The molecule has 0 bridgehead atoms. The van der Waals surface area contributed by atoms with Gasteiger partial charge in [0, 0.05) is 34.8 Å². The normalized spacial score (nSPS) is 13.9. The molecule has 4 rings (SSSR count). The van der Waals surface area contributed by atoms with Crippen molar-refractivity contribution in [2.45, 2.75) is 12.8 Å². The minimum absolute atomic E-state index is 0.0804. The molecular formula is C24H21N3O3S. The summed E-state index contributed by atoms with van der Waals surface area (Å²) in [5.41, 5.74) is 1.89. The largest absolute Gasteiger partial charge is 0.321 e. The molecule has 1 saturated heterocycles. The zero-order chi connectivity index (χ0) is 21.6. The van der Waals surface area contributed by atoms with Gasteiger partial charge >= 0.3 is 0 Å². The van der Waals surface area contributed by atoms with Gasteiger partial charge in [-0.3, -0.25) is 14.4 Å². The Balaban J connectivity index is 1.55. The van der Waals surface area contributed by atoms with Gasteiger partial charge in [0.15, 0.2) is 0 Å². The summed E-state index contributed by atoms with van der Waals surface area (Å²) in [4.78, 5) is 40.3. The van der Waals surface area contributed by atoms with Crippen molar-refractivity contribution < 1.29 is 14.4 Å². The summed E-state index contributed by atoms with van der Waals surface area (Å²) in [6.45, 7) is 0.674. The SMILES string of the molecule is O=C(Nc1cccc(N2CCCC2=O)c1)/C(=C/c1cccs1)NC(=O)c1ccccc1. The Morgan fingerprint density at radius 3 is 2.55 bits per heavy atom. The molecule has 2 heterocycles. The Labute approximate surface area is 184 Å². The van der Waals surface area contributed by atoms with Gasteiger partial charge in [-0.25, -0.2) is 0 Å². The molecular weight excluding hydrogens is 410 g/mol. The van der Waals surface area contributed by atoms with Crippen LogP contribution >= 0.6 is 11.3 Å². The minimum Gasteiger partial charge on any atom is -0.321 e. The van der Waals surface area contributed by atoms with Crippen molar-refractivity contribution in [3.63, 3.8) is 0 Å². The number of carbonyl (C=O) groups is 3. The monoisotopic (exact) mass is 431 g/mol. The average molecular weight is 432 g/mol. The van der Waals surface area contributed by atoms with E-state index in [1.165, 1.54) is 11.3 Å². The summed E-state index contributed by atoms with van der Waals surface area (Å²) < 4.78 is 0. The van der Waals surface area contributed by atoms with Gasteiger partial charge in [0.05, 0.1) is 0 Å². The van der Waals surface area contributed by atoms with Gasteiger partial charge in [-0.15, -0.1) is 11.3 Å². The summed E-state index contributed by atoms with van der Waals surface area (Å²) >= 11 is 1.47. The highest BCUT2D eigenvalue weighted by Gasteiger charge is 2.22. The number of rotatable bonds is 6. The standard InChI is InChI=1S/C24H21N3O3S/c28-22-12-5-13-27(22)19-10-4-9-18(15-19)25-24(30)21(16-20-11-6-14-31-20)26-23(29)17-7-2-1-3-8-17/h1-4,6-11,14-16H,5,12-13H2,(H,25,30)(H,26,29)/b21-16-. The fourth-order valence-corrected chi connectivity index (χ4v) is 3.99. The van der Waals surface area contributed by atoms with Crippen molar-refractivity contribution in [3.05, 3.63) is 88.2 Å². The second-order valence-corrected chi connectivity index (χ2v) is 8.03. The van der Waals surface area contributed by atoms with E-state index in [-0.39, 0.29) is 17.5 Å². The van der Waals surface area contributed by atoms with Crippen LogP contribution in [0.5, 0.6) is 0 Å². The summed E-state index contributed by atoms with van der Waals surface area (Å²) in [6.07, 6.45) is 3.01. The van der Waals surface area contributed by atoms with Crippen LogP contribution in [0.2, 0.25) is 0 Å². The molecule has 0 unspecified atom stereocenters. The molecule has 0 aliphatic carbocycles. The maximum Gasteiger partial charge on any atom is 0.272 e. The van der Waals surface area contributed by atoms with E-state index in [1.807, 2.05) is 29.6 Å². The van der Waals surface area contributed by atoms with Crippen LogP contribution in [0.1, 0.15) is 28.1 Å². The summed E-state index contributed by atoms with van der Waals surface area (Å²) in [5, 5.41) is 7.46. The summed E-state index contributed by atoms with van der Waals surface area (Å²) in [6, 6.07) is 19.6. The zero-order valence-electron chi connectivity index (χ0n) is 16.7. The highest BCUT2D eigenvalue weighted by atomic mass is 32.1. The van der Waals surface area contributed by atoms with Crippen LogP contribution in [-0.2, 0) is 9.59 Å². The smallest absolute Gasteiger partial charge is 0.272 e. The first kappa shape index (κ1) is 20.6. The third kappa shape index (κ3) is 5.07. The third-order valence-electron chi connectivity index (χ3n) is 4.85. The lowest BCUT2D eigenvalue weighted by Crippen LogP contribution is -2.30. The predicted octanol–water partition coefficient (Wildman–Crippen LogP) is 4.28. The molecule has 0 saturated carbocycles. The predicted molar refractivity (Wildman–Crippen MR) is 123 cm³/mol. The zero-order valence-corrected chi connectivity index (χ0v) is 17.5. The van der Waals surface area contributed by atoms with Crippen LogP contribution in [0, 0.1) is 0 Å². The number of anilines is 2. The van der Waals surface area contributed by atoms with Gasteiger partial charge in [-0.05, 0) is 54.3 Å². The molecule has 2 N–H and O–H groups in total. The summed E-state index contributed by atoms with van der Waals surface area (Å²) in [7, 11) is 0. The van der Waals surface area contributed by atoms with Crippen LogP contribution in [0.4, 0.5) is 11.4 Å². The van der Waals surface area contributed by atoms with Crippen LogP contribution in [0.3, 0.4) is 0 Å². The first-order valence-electron chi connectivity index (χ1n) is 9.93. The number of benzene rings is 2. The second-order valence-electron chi connectivity index (χ2n) is 7.05. The third-order valence-corrected chi connectivity index (χ3v) is 5.67. The number of nitrogens with one attached hydrogen (secondary N) is 2. The number of hydrogen-bond donors (Lipinski definition) is 2. The van der Waals surface area contributed by atoms with E-state index < -0.39 is 5.91 Å². The Kier molecular flexibility index (Phi) is 6.24. The lowest BCUT2D eigenvalue weighted by atomic mass is 10.2. The van der Waals surface area contributed by atoms with Crippen molar-refractivity contribution in [1.82, 2.24) is 5.32 Å². The van der Waals surface area contributed by atoms with Crippen molar-refractivity contribution in [1.29, 1.82) is 0 Å². The minimum atomic E-state index is -0.442. The molecule has 1 aromatic heterocycles. The van der Waals surface area contributed by atoms with E-state index in [4.69, 9.17) is 0 Å². The Bertz CT molecular complexity index is 1120. The molecule has 0 radical (unpaired) electrons. The molecule has 2 aromatic carbocycles. The first-order valence-corrected chi connectivity index (χ1v) is 10.8. The lowest BCUT2D eigenvalue weighted by molar-refractivity contribution is -0.117. The molecule has 6 nitrogen and oxygen atoms in total. The number of nitrogens with zero attached hydrogens (tertiary/aromatic N) is 1. The quantitative estimate of drug-likeness (QED) is 0.572. The number of carbonyl (C=O) groups excluding carboxylic acids is 3. The molecule has 7 heteroatoms. The second kappa shape index (κ2) is 9.40. The molecule has 1 aliphatic rings. The molecule has 3 amide bonds. The maximum atomic E-state index is 13.0. The van der Waals surface area contributed by atoms with E-state index in [2.05, 4.69) is 10.6 Å². The van der Waals surface area contributed by atoms with Gasteiger partial charge in [0.2, 0.25) is 5.91 Å². The molecule has 3 aromatic rings. The number of amides is 3. The highest BCUT2D eigenvalue weighted by Crippen LogP contribution is 2.24. The van der Waals surface area contributed by atoms with E-state index in [9.17, 15) is 14.4 Å². The van der Waals surface area contributed by atoms with Crippen molar-refractivity contribution >= 4 is 46.5 Å². The first-order chi connectivity index (χ1) is 15.1. The van der Waals surface area contributed by atoms with E-state index >= 15 is 0 Å². The van der Waals surface area contributed by atoms with Gasteiger partial charge in [-0.2, -0.15) is 0 Å². The summed E-state index contributed by atoms with van der Waals surface area (Å²) in [5.74, 6) is -0.727. The molecule has 1 aliphatic heterocycles. The Morgan fingerprint density at radius 1 is 1.00 bits per heavy atom. The number of hydrogen-bond acceptors (Lipinski definition) is 4. The molecule has 31 heavy (non-hydrogen) atoms. The van der Waals surface area contributed by atoms with E-state index in [1.54, 1.807) is 53.4 Å².